The Kier molecular flexibility index (Phi) is 3.32. The maximum atomic E-state index is 11.3. The number of sulfonamides is 1. The van der Waals surface area contributed by atoms with Crippen molar-refractivity contribution in [2.45, 2.75) is 13.8 Å². The molecule has 0 atom stereocenters. The van der Waals surface area contributed by atoms with Crippen molar-refractivity contribution in [3.05, 3.63) is 29.3 Å². The molecule has 0 saturated heterocycles. The Morgan fingerprint density at radius 1 is 1.47 bits per heavy atom. The third-order valence-corrected chi connectivity index (χ3v) is 3.32. The molecule has 1 aromatic carbocycles. The van der Waals surface area contributed by atoms with E-state index in [1.54, 1.807) is 26.0 Å². The first-order chi connectivity index (χ1) is 6.98. The minimum atomic E-state index is -3.27. The van der Waals surface area contributed by atoms with Crippen molar-refractivity contribution in [2.75, 3.05) is 10.5 Å². The summed E-state index contributed by atoms with van der Waals surface area (Å²) < 4.78 is 24.9. The van der Waals surface area contributed by atoms with Gasteiger partial charge >= 0.3 is 0 Å². The molecular weight excluding hydrogens is 212 g/mol. The molecule has 0 aliphatic rings. The molecule has 0 aliphatic carbocycles. The number of anilines is 1. The first kappa shape index (κ1) is 11.5. The van der Waals surface area contributed by atoms with E-state index in [9.17, 15) is 8.42 Å². The molecule has 5 heteroatoms. The number of hydrogen-bond acceptors (Lipinski definition) is 3. The molecule has 0 unspecified atom stereocenters. The van der Waals surface area contributed by atoms with E-state index < -0.39 is 10.0 Å². The molecule has 0 aromatic heterocycles. The molecule has 4 nitrogen and oxygen atoms in total. The normalized spacial score (nSPS) is 10.7. The Bertz CT molecular complexity index is 501. The Balaban J connectivity index is 3.04. The molecule has 0 fully saturated rings. The van der Waals surface area contributed by atoms with Crippen LogP contribution in [-0.2, 0) is 10.0 Å². The second kappa shape index (κ2) is 4.32. The fourth-order valence-corrected chi connectivity index (χ4v) is 1.69. The van der Waals surface area contributed by atoms with Gasteiger partial charge in [-0.2, -0.15) is 5.26 Å². The second-order valence-electron chi connectivity index (χ2n) is 3.15. The number of aryl methyl sites for hydroxylation is 1. The van der Waals surface area contributed by atoms with Gasteiger partial charge in [0, 0.05) is 5.69 Å². The fourth-order valence-electron chi connectivity index (χ4n) is 1.06. The molecule has 0 spiro atoms. The largest absolute Gasteiger partial charge is 0.284 e. The Morgan fingerprint density at radius 3 is 2.67 bits per heavy atom. The van der Waals surface area contributed by atoms with E-state index in [-0.39, 0.29) is 5.75 Å². The van der Waals surface area contributed by atoms with E-state index in [1.165, 1.54) is 6.07 Å². The number of nitrogens with zero attached hydrogens (tertiary/aromatic N) is 1. The van der Waals surface area contributed by atoms with Gasteiger partial charge in [-0.15, -0.1) is 0 Å². The highest BCUT2D eigenvalue weighted by Crippen LogP contribution is 2.15. The van der Waals surface area contributed by atoms with E-state index in [2.05, 4.69) is 4.72 Å². The predicted molar refractivity (Wildman–Crippen MR) is 59.0 cm³/mol. The summed E-state index contributed by atoms with van der Waals surface area (Å²) >= 11 is 0. The zero-order valence-corrected chi connectivity index (χ0v) is 9.43. The topological polar surface area (TPSA) is 70.0 Å². The average molecular weight is 224 g/mol. The zero-order chi connectivity index (χ0) is 11.5. The van der Waals surface area contributed by atoms with Gasteiger partial charge in [0.1, 0.15) is 0 Å². The molecule has 0 heterocycles. The van der Waals surface area contributed by atoms with Crippen LogP contribution in [0.1, 0.15) is 18.1 Å². The standard InChI is InChI=1S/C10H12N2O2S/c1-3-15(13,14)12-10-5-4-8(2)9(6-10)7-11/h4-6,12H,3H2,1-2H3. The van der Waals surface area contributed by atoms with Gasteiger partial charge < -0.3 is 0 Å². The summed E-state index contributed by atoms with van der Waals surface area (Å²) in [4.78, 5) is 0. The van der Waals surface area contributed by atoms with Crippen LogP contribution < -0.4 is 4.72 Å². The second-order valence-corrected chi connectivity index (χ2v) is 5.16. The first-order valence-corrected chi connectivity index (χ1v) is 6.15. The van der Waals surface area contributed by atoms with Crippen LogP contribution in [0.5, 0.6) is 0 Å². The average Bonchev–Trinajstić information content (AvgIpc) is 2.20. The number of rotatable bonds is 3. The Morgan fingerprint density at radius 2 is 2.13 bits per heavy atom. The SMILES string of the molecule is CCS(=O)(=O)Nc1ccc(C)c(C#N)c1. The summed E-state index contributed by atoms with van der Waals surface area (Å²) in [5.74, 6) is 0.0166. The van der Waals surface area contributed by atoms with Gasteiger partial charge in [-0.05, 0) is 31.5 Å². The number of benzene rings is 1. The molecule has 0 bridgehead atoms. The monoisotopic (exact) mass is 224 g/mol. The molecule has 0 amide bonds. The molecule has 0 aliphatic heterocycles. The van der Waals surface area contributed by atoms with Crippen LogP contribution in [0.2, 0.25) is 0 Å². The minimum Gasteiger partial charge on any atom is -0.284 e. The van der Waals surface area contributed by atoms with E-state index in [0.29, 0.717) is 11.3 Å². The minimum absolute atomic E-state index is 0.0166. The van der Waals surface area contributed by atoms with Crippen molar-refractivity contribution in [3.63, 3.8) is 0 Å². The quantitative estimate of drug-likeness (QED) is 0.848. The van der Waals surface area contributed by atoms with Gasteiger partial charge in [-0.3, -0.25) is 4.72 Å². The summed E-state index contributed by atoms with van der Waals surface area (Å²) in [5, 5.41) is 8.77. The molecule has 1 aromatic rings. The summed E-state index contributed by atoms with van der Waals surface area (Å²) in [6.45, 7) is 3.36. The highest BCUT2D eigenvalue weighted by molar-refractivity contribution is 7.92. The molecule has 1 N–H and O–H groups in total. The van der Waals surface area contributed by atoms with Crippen molar-refractivity contribution in [2.24, 2.45) is 0 Å². The lowest BCUT2D eigenvalue weighted by Crippen LogP contribution is -2.14. The van der Waals surface area contributed by atoms with Crippen LogP contribution in [0.15, 0.2) is 18.2 Å². The van der Waals surface area contributed by atoms with Crippen molar-refractivity contribution >= 4 is 15.7 Å². The Hall–Kier alpha value is -1.54. The fraction of sp³-hybridized carbons (Fsp3) is 0.300. The third kappa shape index (κ3) is 2.96. The van der Waals surface area contributed by atoms with Crippen LogP contribution in [0.3, 0.4) is 0 Å². The molecule has 15 heavy (non-hydrogen) atoms. The zero-order valence-electron chi connectivity index (χ0n) is 8.61. The summed E-state index contributed by atoms with van der Waals surface area (Å²) in [7, 11) is -3.27. The lowest BCUT2D eigenvalue weighted by Gasteiger charge is -2.06. The van der Waals surface area contributed by atoms with Crippen LogP contribution in [-0.4, -0.2) is 14.2 Å². The van der Waals surface area contributed by atoms with Crippen LogP contribution in [0.25, 0.3) is 0 Å². The highest BCUT2D eigenvalue weighted by Gasteiger charge is 2.07. The van der Waals surface area contributed by atoms with Gasteiger partial charge in [0.15, 0.2) is 0 Å². The van der Waals surface area contributed by atoms with Crippen LogP contribution >= 0.6 is 0 Å². The number of nitriles is 1. The van der Waals surface area contributed by atoms with Crippen LogP contribution in [0, 0.1) is 18.3 Å². The number of nitrogens with one attached hydrogen (secondary N) is 1. The van der Waals surface area contributed by atoms with Crippen molar-refractivity contribution < 1.29 is 8.42 Å². The molecular formula is C10H12N2O2S. The lowest BCUT2D eigenvalue weighted by atomic mass is 10.1. The highest BCUT2D eigenvalue weighted by atomic mass is 32.2. The Labute approximate surface area is 89.6 Å². The summed E-state index contributed by atoms with van der Waals surface area (Å²) in [6.07, 6.45) is 0. The molecule has 0 saturated carbocycles. The predicted octanol–water partition coefficient (Wildman–Crippen LogP) is 1.63. The molecule has 80 valence electrons. The lowest BCUT2D eigenvalue weighted by molar-refractivity contribution is 0.602. The van der Waals surface area contributed by atoms with Crippen molar-refractivity contribution in [3.8, 4) is 6.07 Å². The van der Waals surface area contributed by atoms with Gasteiger partial charge in [0.2, 0.25) is 10.0 Å². The maximum Gasteiger partial charge on any atom is 0.232 e. The first-order valence-electron chi connectivity index (χ1n) is 4.49. The van der Waals surface area contributed by atoms with Gasteiger partial charge in [-0.1, -0.05) is 6.07 Å². The number of hydrogen-bond donors (Lipinski definition) is 1. The van der Waals surface area contributed by atoms with Gasteiger partial charge in [0.25, 0.3) is 0 Å². The van der Waals surface area contributed by atoms with Gasteiger partial charge in [-0.25, -0.2) is 8.42 Å². The summed E-state index contributed by atoms with van der Waals surface area (Å²) in [5.41, 5.74) is 1.74. The van der Waals surface area contributed by atoms with Crippen molar-refractivity contribution in [1.29, 1.82) is 5.26 Å². The summed E-state index contributed by atoms with van der Waals surface area (Å²) in [6, 6.07) is 6.89. The van der Waals surface area contributed by atoms with E-state index >= 15 is 0 Å². The van der Waals surface area contributed by atoms with Gasteiger partial charge in [0.05, 0.1) is 17.4 Å². The van der Waals surface area contributed by atoms with Crippen molar-refractivity contribution in [1.82, 2.24) is 0 Å². The molecule has 0 radical (unpaired) electrons. The van der Waals surface area contributed by atoms with E-state index in [1.807, 2.05) is 6.07 Å². The smallest absolute Gasteiger partial charge is 0.232 e. The molecule has 1 rings (SSSR count). The third-order valence-electron chi connectivity index (χ3n) is 2.01. The maximum absolute atomic E-state index is 11.3. The van der Waals surface area contributed by atoms with E-state index in [0.717, 1.165) is 5.56 Å². The van der Waals surface area contributed by atoms with Crippen LogP contribution in [0.4, 0.5) is 5.69 Å². The van der Waals surface area contributed by atoms with E-state index in [4.69, 9.17) is 5.26 Å².